The summed E-state index contributed by atoms with van der Waals surface area (Å²) in [5.41, 5.74) is 4.90. The van der Waals surface area contributed by atoms with Crippen LogP contribution in [0.5, 0.6) is 0 Å². The highest BCUT2D eigenvalue weighted by atomic mass is 16.2. The number of nitrogens with one attached hydrogen (secondary N) is 3. The number of carbonyl (C=O) groups excluding carboxylic acids is 3. The first-order valence-corrected chi connectivity index (χ1v) is 6.86. The van der Waals surface area contributed by atoms with Gasteiger partial charge in [-0.25, -0.2) is 4.79 Å². The zero-order valence-electron chi connectivity index (χ0n) is 12.9. The van der Waals surface area contributed by atoms with Crippen LogP contribution in [0.4, 0.5) is 4.79 Å². The van der Waals surface area contributed by atoms with Crippen molar-refractivity contribution in [3.8, 4) is 0 Å². The molecular weight excluding hydrogens is 260 g/mol. The number of amides is 3. The maximum atomic E-state index is 11.6. The molecule has 118 valence electrons. The van der Waals surface area contributed by atoms with E-state index >= 15 is 0 Å². The second kappa shape index (κ2) is 13.8. The maximum Gasteiger partial charge on any atom is 0.312 e. The smallest absolute Gasteiger partial charge is 0.312 e. The van der Waals surface area contributed by atoms with E-state index < -0.39 is 6.03 Å². The molecule has 0 aromatic heterocycles. The highest BCUT2D eigenvalue weighted by Crippen LogP contribution is 1.96. The van der Waals surface area contributed by atoms with Gasteiger partial charge in [0.25, 0.3) is 0 Å². The fourth-order valence-electron chi connectivity index (χ4n) is 1.26. The molecule has 0 bridgehead atoms. The number of nitrogens with two attached hydrogens (primary N) is 1. The zero-order valence-corrected chi connectivity index (χ0v) is 12.9. The molecule has 0 aliphatic carbocycles. The average Bonchev–Trinajstić information content (AvgIpc) is 2.36. The summed E-state index contributed by atoms with van der Waals surface area (Å²) in [5, 5.41) is 7.81. The van der Waals surface area contributed by atoms with E-state index in [1.165, 1.54) is 13.3 Å². The van der Waals surface area contributed by atoms with Gasteiger partial charge >= 0.3 is 6.03 Å². The minimum Gasteiger partial charge on any atom is -0.352 e. The molecule has 5 N–H and O–H groups in total. The minimum atomic E-state index is -0.577. The first-order valence-electron chi connectivity index (χ1n) is 6.86. The number of Topliss-reactive ketones (excluding diaryl/α,β-unsaturated/α-hetero) is 1. The molecular formula is C13H28N4O3. The van der Waals surface area contributed by atoms with Crippen molar-refractivity contribution in [1.29, 1.82) is 0 Å². The number of hydrogen-bond acceptors (Lipinski definition) is 4. The van der Waals surface area contributed by atoms with Crippen molar-refractivity contribution in [3.05, 3.63) is 0 Å². The van der Waals surface area contributed by atoms with Crippen LogP contribution >= 0.6 is 0 Å². The Balaban J connectivity index is 0. The van der Waals surface area contributed by atoms with Crippen molar-refractivity contribution >= 4 is 17.7 Å². The summed E-state index contributed by atoms with van der Waals surface area (Å²) in [7, 11) is 1.67. The third-order valence-electron chi connectivity index (χ3n) is 2.15. The summed E-state index contributed by atoms with van der Waals surface area (Å²) >= 11 is 0. The highest BCUT2D eigenvalue weighted by Gasteiger charge is 2.15. The van der Waals surface area contributed by atoms with Gasteiger partial charge in [0, 0.05) is 6.54 Å². The van der Waals surface area contributed by atoms with Gasteiger partial charge in [-0.05, 0) is 26.8 Å². The minimum absolute atomic E-state index is 0.0382. The average molecular weight is 288 g/mol. The van der Waals surface area contributed by atoms with Gasteiger partial charge < -0.3 is 21.7 Å². The van der Waals surface area contributed by atoms with E-state index in [9.17, 15) is 14.4 Å². The highest BCUT2D eigenvalue weighted by molar-refractivity contribution is 5.87. The first-order chi connectivity index (χ1) is 9.38. The summed E-state index contributed by atoms with van der Waals surface area (Å²) in [6.45, 7) is 6.12. The molecule has 0 saturated heterocycles. The summed E-state index contributed by atoms with van der Waals surface area (Å²) in [6.07, 6.45) is 2.43. The van der Waals surface area contributed by atoms with E-state index in [4.69, 9.17) is 5.73 Å². The van der Waals surface area contributed by atoms with Gasteiger partial charge in [-0.3, -0.25) is 9.59 Å². The summed E-state index contributed by atoms with van der Waals surface area (Å²) in [4.78, 5) is 32.7. The molecule has 3 amide bonds. The topological polar surface area (TPSA) is 113 Å². The van der Waals surface area contributed by atoms with Crippen molar-refractivity contribution in [2.24, 2.45) is 5.73 Å². The molecule has 7 heteroatoms. The zero-order chi connectivity index (χ0) is 16.0. The van der Waals surface area contributed by atoms with Crippen molar-refractivity contribution in [2.45, 2.75) is 46.1 Å². The van der Waals surface area contributed by atoms with Gasteiger partial charge in [0.2, 0.25) is 5.91 Å². The van der Waals surface area contributed by atoms with Crippen molar-refractivity contribution in [2.75, 3.05) is 20.1 Å². The third kappa shape index (κ3) is 14.4. The lowest BCUT2D eigenvalue weighted by molar-refractivity contribution is -0.126. The summed E-state index contributed by atoms with van der Waals surface area (Å²) in [6, 6.07) is -0.948. The molecule has 0 fully saturated rings. The van der Waals surface area contributed by atoms with E-state index in [1.807, 2.05) is 0 Å². The van der Waals surface area contributed by atoms with E-state index in [1.54, 1.807) is 7.05 Å². The van der Waals surface area contributed by atoms with Crippen LogP contribution in [0.25, 0.3) is 0 Å². The SMILES string of the molecule is CCC.CNC(CCCNC(N)=O)C(=O)NCC(C)=O. The molecule has 20 heavy (non-hydrogen) atoms. The second-order valence-corrected chi connectivity index (χ2v) is 4.40. The van der Waals surface area contributed by atoms with E-state index in [2.05, 4.69) is 29.8 Å². The first kappa shape index (κ1) is 20.7. The fourth-order valence-corrected chi connectivity index (χ4v) is 1.26. The van der Waals surface area contributed by atoms with E-state index in [0.29, 0.717) is 19.4 Å². The Morgan fingerprint density at radius 1 is 1.15 bits per heavy atom. The normalized spacial score (nSPS) is 10.8. The number of ketones is 1. The molecule has 0 aliphatic heterocycles. The number of hydrogen-bond donors (Lipinski definition) is 4. The molecule has 0 saturated carbocycles. The molecule has 0 aliphatic rings. The largest absolute Gasteiger partial charge is 0.352 e. The predicted molar refractivity (Wildman–Crippen MR) is 79.3 cm³/mol. The van der Waals surface area contributed by atoms with Crippen molar-refractivity contribution in [1.82, 2.24) is 16.0 Å². The Morgan fingerprint density at radius 2 is 1.70 bits per heavy atom. The Hall–Kier alpha value is -1.63. The quantitative estimate of drug-likeness (QED) is 0.476. The molecule has 0 rings (SSSR count). The van der Waals surface area contributed by atoms with Crippen LogP contribution in [0.15, 0.2) is 0 Å². The van der Waals surface area contributed by atoms with Crippen molar-refractivity contribution < 1.29 is 14.4 Å². The van der Waals surface area contributed by atoms with Gasteiger partial charge in [0.05, 0.1) is 12.6 Å². The Labute approximate surface area is 121 Å². The Kier molecular flexibility index (Phi) is 14.3. The van der Waals surface area contributed by atoms with Crippen LogP contribution in [-0.2, 0) is 9.59 Å². The molecule has 0 spiro atoms. The number of rotatable bonds is 8. The molecule has 1 unspecified atom stereocenters. The van der Waals surface area contributed by atoms with Crippen LogP contribution < -0.4 is 21.7 Å². The van der Waals surface area contributed by atoms with Crippen molar-refractivity contribution in [3.63, 3.8) is 0 Å². The number of likely N-dealkylation sites (N-methyl/N-ethyl adjacent to an activating group) is 1. The fraction of sp³-hybridized carbons (Fsp3) is 0.769. The van der Waals surface area contributed by atoms with Gasteiger partial charge in [-0.1, -0.05) is 20.3 Å². The van der Waals surface area contributed by atoms with E-state index in [0.717, 1.165) is 0 Å². The van der Waals surface area contributed by atoms with Gasteiger partial charge in [0.15, 0.2) is 0 Å². The van der Waals surface area contributed by atoms with Crippen LogP contribution in [0, 0.1) is 0 Å². The standard InChI is InChI=1S/C10H20N4O3.C3H8/c1-7(15)6-14-9(16)8(12-2)4-3-5-13-10(11)17;1-3-2/h8,12H,3-6H2,1-2H3,(H,14,16)(H3,11,13,17);3H2,1-2H3. The third-order valence-corrected chi connectivity index (χ3v) is 2.15. The molecule has 1 atom stereocenters. The molecule has 0 aromatic carbocycles. The number of urea groups is 1. The van der Waals surface area contributed by atoms with Gasteiger partial charge in [-0.2, -0.15) is 0 Å². The summed E-state index contributed by atoms with van der Waals surface area (Å²) in [5.74, 6) is -0.314. The van der Waals surface area contributed by atoms with Crippen LogP contribution in [0.3, 0.4) is 0 Å². The summed E-state index contributed by atoms with van der Waals surface area (Å²) < 4.78 is 0. The number of primary amides is 1. The molecule has 0 aromatic rings. The lowest BCUT2D eigenvalue weighted by Gasteiger charge is -2.15. The second-order valence-electron chi connectivity index (χ2n) is 4.40. The van der Waals surface area contributed by atoms with E-state index in [-0.39, 0.29) is 24.3 Å². The molecule has 0 heterocycles. The monoisotopic (exact) mass is 288 g/mol. The van der Waals surface area contributed by atoms with Crippen LogP contribution in [0.1, 0.15) is 40.0 Å². The lowest BCUT2D eigenvalue weighted by atomic mass is 10.1. The number of carbonyl (C=O) groups is 3. The predicted octanol–water partition coefficient (Wildman–Crippen LogP) is 0.144. The van der Waals surface area contributed by atoms with Gasteiger partial charge in [-0.15, -0.1) is 0 Å². The maximum absolute atomic E-state index is 11.6. The Morgan fingerprint density at radius 3 is 2.10 bits per heavy atom. The Bertz CT molecular complexity index is 295. The van der Waals surface area contributed by atoms with Crippen LogP contribution in [-0.4, -0.2) is 43.9 Å². The molecule has 0 radical (unpaired) electrons. The van der Waals surface area contributed by atoms with Gasteiger partial charge in [0.1, 0.15) is 5.78 Å². The lowest BCUT2D eigenvalue weighted by Crippen LogP contribution is -2.44. The molecule has 7 nitrogen and oxygen atoms in total. The van der Waals surface area contributed by atoms with Crippen LogP contribution in [0.2, 0.25) is 0 Å².